The van der Waals surface area contributed by atoms with Crippen LogP contribution in [0.15, 0.2) is 109 Å². The van der Waals surface area contributed by atoms with E-state index in [1.807, 2.05) is 0 Å². The third-order valence-electron chi connectivity index (χ3n) is 4.59. The summed E-state index contributed by atoms with van der Waals surface area (Å²) < 4.78 is 0. The first kappa shape index (κ1) is 16.2. The lowest BCUT2D eigenvalue weighted by molar-refractivity contribution is 1.28. The molecule has 0 saturated heterocycles. The second-order valence-corrected chi connectivity index (χ2v) is 6.37. The van der Waals surface area contributed by atoms with Crippen molar-refractivity contribution in [3.05, 3.63) is 109 Å². The van der Waals surface area contributed by atoms with Crippen LogP contribution in [-0.4, -0.2) is 7.85 Å². The highest BCUT2D eigenvalue weighted by atomic mass is 15.1. The monoisotopic (exact) mass is 333 g/mol. The number of hydrogen-bond acceptors (Lipinski definition) is 1. The van der Waals surface area contributed by atoms with Crippen LogP contribution >= 0.6 is 0 Å². The molecule has 0 fully saturated rings. The van der Waals surface area contributed by atoms with Crippen LogP contribution in [0, 0.1) is 0 Å². The Morgan fingerprint density at radius 2 is 1.04 bits per heavy atom. The van der Waals surface area contributed by atoms with Crippen molar-refractivity contribution in [2.24, 2.45) is 0 Å². The minimum atomic E-state index is 1.15. The molecule has 0 aromatic heterocycles. The number of nitrogens with zero attached hydrogens (tertiary/aromatic N) is 1. The zero-order valence-electron chi connectivity index (χ0n) is 14.8. The summed E-state index contributed by atoms with van der Waals surface area (Å²) in [7, 11) is 2.16. The quantitative estimate of drug-likeness (QED) is 0.471. The maximum Gasteiger partial charge on any atom is 0.140 e. The molecule has 0 radical (unpaired) electrons. The van der Waals surface area contributed by atoms with Crippen LogP contribution in [0.1, 0.15) is 0 Å². The van der Waals surface area contributed by atoms with Crippen molar-refractivity contribution in [1.29, 1.82) is 0 Å². The maximum atomic E-state index is 2.29. The van der Waals surface area contributed by atoms with Crippen molar-refractivity contribution in [1.82, 2.24) is 0 Å². The first-order valence-corrected chi connectivity index (χ1v) is 8.89. The highest BCUT2D eigenvalue weighted by Crippen LogP contribution is 2.35. The maximum absolute atomic E-state index is 2.29. The van der Waals surface area contributed by atoms with E-state index < -0.39 is 0 Å². The largest absolute Gasteiger partial charge is 0.310 e. The molecule has 4 rings (SSSR count). The lowest BCUT2D eigenvalue weighted by Crippen LogP contribution is -2.10. The molecule has 0 aliphatic carbocycles. The highest BCUT2D eigenvalue weighted by Gasteiger charge is 2.12. The number of benzene rings is 4. The van der Waals surface area contributed by atoms with E-state index in [0.29, 0.717) is 0 Å². The predicted octanol–water partition coefficient (Wildman–Crippen LogP) is 5.08. The average molecular weight is 333 g/mol. The SMILES string of the molecule is Bc1ccccc1-c1cccc(N(c2ccccc2)c2ccccc2)c1. The lowest BCUT2D eigenvalue weighted by atomic mass is 9.87. The third kappa shape index (κ3) is 3.27. The molecule has 0 aliphatic heterocycles. The van der Waals surface area contributed by atoms with Gasteiger partial charge in [0.1, 0.15) is 7.85 Å². The minimum Gasteiger partial charge on any atom is -0.310 e. The van der Waals surface area contributed by atoms with Crippen LogP contribution in [0.3, 0.4) is 0 Å². The van der Waals surface area contributed by atoms with E-state index >= 15 is 0 Å². The van der Waals surface area contributed by atoms with Gasteiger partial charge in [0.25, 0.3) is 0 Å². The van der Waals surface area contributed by atoms with E-state index in [0.717, 1.165) is 17.1 Å². The molecule has 1 nitrogen and oxygen atoms in total. The van der Waals surface area contributed by atoms with Crippen molar-refractivity contribution >= 4 is 30.4 Å². The molecular formula is C24H20BN. The van der Waals surface area contributed by atoms with Crippen LogP contribution < -0.4 is 10.4 Å². The molecule has 0 heterocycles. The van der Waals surface area contributed by atoms with E-state index in [1.165, 1.54) is 16.6 Å². The van der Waals surface area contributed by atoms with Gasteiger partial charge in [-0.15, -0.1) is 0 Å². The number of para-hydroxylation sites is 2. The Balaban J connectivity index is 1.85. The minimum absolute atomic E-state index is 1.15. The van der Waals surface area contributed by atoms with E-state index in [1.54, 1.807) is 0 Å². The van der Waals surface area contributed by atoms with Crippen molar-refractivity contribution in [2.75, 3.05) is 4.90 Å². The summed E-state index contributed by atoms with van der Waals surface area (Å²) in [5, 5.41) is 0. The molecule has 0 aliphatic rings. The number of hydrogen-bond donors (Lipinski definition) is 0. The van der Waals surface area contributed by atoms with Crippen molar-refractivity contribution in [3.8, 4) is 11.1 Å². The van der Waals surface area contributed by atoms with Gasteiger partial charge in [-0.2, -0.15) is 0 Å². The Hall–Kier alpha value is -3.26. The summed E-state index contributed by atoms with van der Waals surface area (Å²) in [5.41, 5.74) is 7.26. The Morgan fingerprint density at radius 1 is 0.500 bits per heavy atom. The van der Waals surface area contributed by atoms with E-state index in [4.69, 9.17) is 0 Å². The fourth-order valence-electron chi connectivity index (χ4n) is 3.31. The molecule has 26 heavy (non-hydrogen) atoms. The molecule has 4 aromatic rings. The summed E-state index contributed by atoms with van der Waals surface area (Å²) in [6, 6.07) is 38.3. The van der Waals surface area contributed by atoms with Crippen LogP contribution in [0.2, 0.25) is 0 Å². The van der Waals surface area contributed by atoms with Gasteiger partial charge in [-0.25, -0.2) is 0 Å². The topological polar surface area (TPSA) is 3.24 Å². The molecule has 0 atom stereocenters. The second-order valence-electron chi connectivity index (χ2n) is 6.37. The van der Waals surface area contributed by atoms with Crippen LogP contribution in [0.25, 0.3) is 11.1 Å². The van der Waals surface area contributed by atoms with Gasteiger partial charge >= 0.3 is 0 Å². The highest BCUT2D eigenvalue weighted by molar-refractivity contribution is 6.35. The normalized spacial score (nSPS) is 10.5. The molecule has 0 saturated carbocycles. The standard InChI is InChI=1S/C24H20BN/c25-24-17-8-7-16-23(24)19-10-9-15-22(18-19)26(20-11-3-1-4-12-20)21-13-5-2-6-14-21/h1-18H,25H2. The summed E-state index contributed by atoms with van der Waals surface area (Å²) in [6.45, 7) is 0. The molecule has 0 amide bonds. The van der Waals surface area contributed by atoms with Gasteiger partial charge in [0, 0.05) is 17.1 Å². The van der Waals surface area contributed by atoms with Gasteiger partial charge in [-0.1, -0.05) is 78.3 Å². The van der Waals surface area contributed by atoms with Gasteiger partial charge in [0.2, 0.25) is 0 Å². The second kappa shape index (κ2) is 7.32. The fraction of sp³-hybridized carbons (Fsp3) is 0. The van der Waals surface area contributed by atoms with Crippen LogP contribution in [0.4, 0.5) is 17.1 Å². The van der Waals surface area contributed by atoms with Gasteiger partial charge in [0.15, 0.2) is 0 Å². The predicted molar refractivity (Wildman–Crippen MR) is 115 cm³/mol. The Bertz CT molecular complexity index is 957. The summed E-state index contributed by atoms with van der Waals surface area (Å²) in [4.78, 5) is 2.29. The molecule has 0 bridgehead atoms. The zero-order valence-corrected chi connectivity index (χ0v) is 14.8. The smallest absolute Gasteiger partial charge is 0.140 e. The molecular weight excluding hydrogens is 313 g/mol. The number of anilines is 3. The number of rotatable bonds is 4. The molecule has 0 spiro atoms. The van der Waals surface area contributed by atoms with Crippen molar-refractivity contribution in [3.63, 3.8) is 0 Å². The van der Waals surface area contributed by atoms with E-state index in [2.05, 4.69) is 122 Å². The first-order chi connectivity index (χ1) is 12.8. The van der Waals surface area contributed by atoms with Crippen molar-refractivity contribution < 1.29 is 0 Å². The Labute approximate surface area is 156 Å². The first-order valence-electron chi connectivity index (χ1n) is 8.89. The van der Waals surface area contributed by atoms with E-state index in [-0.39, 0.29) is 0 Å². The van der Waals surface area contributed by atoms with Gasteiger partial charge in [-0.3, -0.25) is 0 Å². The lowest BCUT2D eigenvalue weighted by Gasteiger charge is -2.26. The van der Waals surface area contributed by atoms with Gasteiger partial charge in [0.05, 0.1) is 0 Å². The Kier molecular flexibility index (Phi) is 4.57. The molecule has 124 valence electrons. The van der Waals surface area contributed by atoms with E-state index in [9.17, 15) is 0 Å². The zero-order chi connectivity index (χ0) is 17.8. The average Bonchev–Trinajstić information content (AvgIpc) is 2.70. The molecule has 4 aromatic carbocycles. The van der Waals surface area contributed by atoms with Crippen LogP contribution in [-0.2, 0) is 0 Å². The fourth-order valence-corrected chi connectivity index (χ4v) is 3.31. The summed E-state index contributed by atoms with van der Waals surface area (Å²) in [5.74, 6) is 0. The molecule has 2 heteroatoms. The van der Waals surface area contributed by atoms with Gasteiger partial charge < -0.3 is 4.90 Å². The van der Waals surface area contributed by atoms with Crippen molar-refractivity contribution in [2.45, 2.75) is 0 Å². The summed E-state index contributed by atoms with van der Waals surface area (Å²) >= 11 is 0. The van der Waals surface area contributed by atoms with Crippen LogP contribution in [0.5, 0.6) is 0 Å². The third-order valence-corrected chi connectivity index (χ3v) is 4.59. The molecule has 0 unspecified atom stereocenters. The van der Waals surface area contributed by atoms with Gasteiger partial charge in [-0.05, 0) is 47.5 Å². The molecule has 0 N–H and O–H groups in total. The Morgan fingerprint density at radius 3 is 1.65 bits per heavy atom. The summed E-state index contributed by atoms with van der Waals surface area (Å²) in [6.07, 6.45) is 0.